The number of carbonyl (C=O) groups is 1. The Hall–Kier alpha value is -1.95. The van der Waals surface area contributed by atoms with Crippen molar-refractivity contribution in [2.75, 3.05) is 13.7 Å². The minimum absolute atomic E-state index is 0.128. The summed E-state index contributed by atoms with van der Waals surface area (Å²) in [5.41, 5.74) is 1.01. The summed E-state index contributed by atoms with van der Waals surface area (Å²) in [6.07, 6.45) is 2.44. The van der Waals surface area contributed by atoms with E-state index in [9.17, 15) is 4.79 Å². The van der Waals surface area contributed by atoms with Gasteiger partial charge < -0.3 is 9.47 Å². The van der Waals surface area contributed by atoms with E-state index in [1.54, 1.807) is 6.92 Å². The molecule has 108 valence electrons. The molecule has 1 rings (SSSR count). The van der Waals surface area contributed by atoms with Gasteiger partial charge in [0, 0.05) is 0 Å². The summed E-state index contributed by atoms with van der Waals surface area (Å²) in [6, 6.07) is 7.76. The van der Waals surface area contributed by atoms with Crippen LogP contribution in [0.3, 0.4) is 0 Å². The van der Waals surface area contributed by atoms with Crippen molar-refractivity contribution in [2.45, 2.75) is 39.0 Å². The normalized spacial score (nSPS) is 11.2. The first-order valence-electron chi connectivity index (χ1n) is 6.93. The van der Waals surface area contributed by atoms with Gasteiger partial charge in [-0.1, -0.05) is 31.4 Å². The van der Waals surface area contributed by atoms with Gasteiger partial charge in [0.05, 0.1) is 26.1 Å². The lowest BCUT2D eigenvalue weighted by atomic mass is 9.96. The summed E-state index contributed by atoms with van der Waals surface area (Å²) < 4.78 is 10.3. The molecule has 0 saturated carbocycles. The number of carbonyl (C=O) groups excluding carboxylic acids is 1. The molecule has 0 spiro atoms. The fourth-order valence-electron chi connectivity index (χ4n) is 1.81. The molecule has 0 fully saturated rings. The Balaban J connectivity index is 2.71. The summed E-state index contributed by atoms with van der Waals surface area (Å²) in [5, 5.41) is 0. The Kier molecular flexibility index (Phi) is 7.27. The van der Waals surface area contributed by atoms with Crippen molar-refractivity contribution in [3.63, 3.8) is 0 Å². The van der Waals surface area contributed by atoms with E-state index < -0.39 is 0 Å². The van der Waals surface area contributed by atoms with E-state index in [4.69, 9.17) is 9.47 Å². The lowest BCUT2D eigenvalue weighted by Gasteiger charge is -2.11. The second-order valence-electron chi connectivity index (χ2n) is 4.50. The Labute approximate surface area is 121 Å². The third-order valence-electron chi connectivity index (χ3n) is 2.97. The Morgan fingerprint density at radius 3 is 2.55 bits per heavy atom. The minimum Gasteiger partial charge on any atom is -0.494 e. The van der Waals surface area contributed by atoms with Gasteiger partial charge in [-0.2, -0.15) is 0 Å². The van der Waals surface area contributed by atoms with Gasteiger partial charge >= 0.3 is 5.97 Å². The first-order chi connectivity index (χ1) is 9.71. The lowest BCUT2D eigenvalue weighted by molar-refractivity contribution is -0.140. The van der Waals surface area contributed by atoms with E-state index in [-0.39, 0.29) is 18.3 Å². The average Bonchev–Trinajstić information content (AvgIpc) is 2.47. The molecule has 1 atom stereocenters. The first kappa shape index (κ1) is 16.1. The van der Waals surface area contributed by atoms with Gasteiger partial charge in [-0.3, -0.25) is 4.79 Å². The molecule has 0 amide bonds. The SMILES string of the molecule is CC#CC(CC(=O)OC)c1ccc(OCCCC)cc1. The van der Waals surface area contributed by atoms with Crippen LogP contribution in [0.1, 0.15) is 44.6 Å². The predicted molar refractivity (Wildman–Crippen MR) is 79.7 cm³/mol. The van der Waals surface area contributed by atoms with Crippen molar-refractivity contribution in [1.82, 2.24) is 0 Å². The molecule has 0 radical (unpaired) electrons. The molecule has 1 unspecified atom stereocenters. The fourth-order valence-corrected chi connectivity index (χ4v) is 1.81. The van der Waals surface area contributed by atoms with E-state index in [1.807, 2.05) is 24.3 Å². The van der Waals surface area contributed by atoms with Crippen LogP contribution in [0.2, 0.25) is 0 Å². The van der Waals surface area contributed by atoms with Crippen molar-refractivity contribution >= 4 is 5.97 Å². The van der Waals surface area contributed by atoms with Crippen molar-refractivity contribution in [3.8, 4) is 17.6 Å². The molecule has 20 heavy (non-hydrogen) atoms. The second-order valence-corrected chi connectivity index (χ2v) is 4.50. The Morgan fingerprint density at radius 1 is 1.30 bits per heavy atom. The molecule has 0 aliphatic carbocycles. The minimum atomic E-state index is -0.249. The van der Waals surface area contributed by atoms with Gasteiger partial charge in [-0.25, -0.2) is 0 Å². The highest BCUT2D eigenvalue weighted by molar-refractivity contribution is 5.71. The summed E-state index contributed by atoms with van der Waals surface area (Å²) in [5.74, 6) is 6.38. The topological polar surface area (TPSA) is 35.5 Å². The predicted octanol–water partition coefficient (Wildman–Crippen LogP) is 3.54. The molecule has 3 nitrogen and oxygen atoms in total. The van der Waals surface area contributed by atoms with Crippen molar-refractivity contribution < 1.29 is 14.3 Å². The molecule has 0 saturated heterocycles. The van der Waals surface area contributed by atoms with Gasteiger partial charge in [0.25, 0.3) is 0 Å². The number of hydrogen-bond acceptors (Lipinski definition) is 3. The molecule has 0 aromatic heterocycles. The van der Waals surface area contributed by atoms with Gasteiger partial charge in [0.1, 0.15) is 5.75 Å². The monoisotopic (exact) mass is 274 g/mol. The fraction of sp³-hybridized carbons (Fsp3) is 0.471. The molecule has 0 N–H and O–H groups in total. The quantitative estimate of drug-likeness (QED) is 0.433. The number of benzene rings is 1. The zero-order valence-electron chi connectivity index (χ0n) is 12.4. The molecular weight excluding hydrogens is 252 g/mol. The van der Waals surface area contributed by atoms with Crippen LogP contribution in [0.15, 0.2) is 24.3 Å². The highest BCUT2D eigenvalue weighted by atomic mass is 16.5. The highest BCUT2D eigenvalue weighted by Crippen LogP contribution is 2.22. The zero-order valence-corrected chi connectivity index (χ0v) is 12.4. The lowest BCUT2D eigenvalue weighted by Crippen LogP contribution is -2.07. The maximum atomic E-state index is 11.4. The molecule has 3 heteroatoms. The summed E-state index contributed by atoms with van der Waals surface area (Å²) >= 11 is 0. The van der Waals surface area contributed by atoms with E-state index in [1.165, 1.54) is 7.11 Å². The van der Waals surface area contributed by atoms with Crippen LogP contribution in [0, 0.1) is 11.8 Å². The summed E-state index contributed by atoms with van der Waals surface area (Å²) in [7, 11) is 1.39. The molecule has 0 heterocycles. The Morgan fingerprint density at radius 2 is 2.00 bits per heavy atom. The van der Waals surface area contributed by atoms with Crippen LogP contribution >= 0.6 is 0 Å². The largest absolute Gasteiger partial charge is 0.494 e. The zero-order chi connectivity index (χ0) is 14.8. The smallest absolute Gasteiger partial charge is 0.307 e. The summed E-state index contributed by atoms with van der Waals surface area (Å²) in [4.78, 5) is 11.4. The number of hydrogen-bond donors (Lipinski definition) is 0. The van der Waals surface area contributed by atoms with Gasteiger partial charge in [-0.05, 0) is 31.0 Å². The van der Waals surface area contributed by atoms with Gasteiger partial charge in [0.2, 0.25) is 0 Å². The number of methoxy groups -OCH3 is 1. The van der Waals surface area contributed by atoms with Crippen LogP contribution in [-0.4, -0.2) is 19.7 Å². The Bertz CT molecular complexity index is 465. The van der Waals surface area contributed by atoms with Gasteiger partial charge in [0.15, 0.2) is 0 Å². The number of unbranched alkanes of at least 4 members (excludes halogenated alkanes) is 1. The van der Waals surface area contributed by atoms with E-state index >= 15 is 0 Å². The first-order valence-corrected chi connectivity index (χ1v) is 6.93. The third kappa shape index (κ3) is 5.36. The molecule has 1 aromatic carbocycles. The summed E-state index contributed by atoms with van der Waals surface area (Å²) in [6.45, 7) is 4.63. The number of ether oxygens (including phenoxy) is 2. The average molecular weight is 274 g/mol. The van der Waals surface area contributed by atoms with Crippen LogP contribution < -0.4 is 4.74 Å². The van der Waals surface area contributed by atoms with E-state index in [0.717, 1.165) is 30.8 Å². The van der Waals surface area contributed by atoms with Gasteiger partial charge in [-0.15, -0.1) is 5.92 Å². The van der Waals surface area contributed by atoms with Crippen LogP contribution in [0.5, 0.6) is 5.75 Å². The molecule has 0 aliphatic rings. The maximum Gasteiger partial charge on any atom is 0.307 e. The highest BCUT2D eigenvalue weighted by Gasteiger charge is 2.14. The third-order valence-corrected chi connectivity index (χ3v) is 2.97. The molecule has 0 bridgehead atoms. The van der Waals surface area contributed by atoms with Crippen LogP contribution in [0.4, 0.5) is 0 Å². The standard InChI is InChI=1S/C17H22O3/c1-4-6-12-20-16-10-8-14(9-11-16)15(7-5-2)13-17(18)19-3/h8-11,15H,4,6,12-13H2,1-3H3. The molecule has 1 aromatic rings. The van der Waals surface area contributed by atoms with Crippen LogP contribution in [-0.2, 0) is 9.53 Å². The van der Waals surface area contributed by atoms with Crippen molar-refractivity contribution in [2.24, 2.45) is 0 Å². The number of esters is 1. The maximum absolute atomic E-state index is 11.4. The van der Waals surface area contributed by atoms with E-state index in [0.29, 0.717) is 0 Å². The molecular formula is C17H22O3. The van der Waals surface area contributed by atoms with Crippen molar-refractivity contribution in [1.29, 1.82) is 0 Å². The molecule has 0 aliphatic heterocycles. The van der Waals surface area contributed by atoms with Crippen molar-refractivity contribution in [3.05, 3.63) is 29.8 Å². The number of rotatable bonds is 7. The second kappa shape index (κ2) is 9.03. The van der Waals surface area contributed by atoms with Crippen LogP contribution in [0.25, 0.3) is 0 Å². The van der Waals surface area contributed by atoms with E-state index in [2.05, 4.69) is 18.8 Å².